The number of nitrogens with two attached hydrogens (primary N) is 1. The van der Waals surface area contributed by atoms with Crippen molar-refractivity contribution in [2.24, 2.45) is 16.8 Å². The molecule has 9 heteroatoms. The Morgan fingerprint density at radius 2 is 2.10 bits per heavy atom. The first kappa shape index (κ1) is 19.2. The lowest BCUT2D eigenvalue weighted by atomic mass is 9.84. The van der Waals surface area contributed by atoms with Crippen LogP contribution in [0.5, 0.6) is 5.88 Å². The maximum absolute atomic E-state index is 14.8. The molecular formula is C20H20F3N5O. The van der Waals surface area contributed by atoms with Crippen LogP contribution in [0.4, 0.5) is 24.8 Å². The molecule has 6 nitrogen and oxygen atoms in total. The number of anilines is 1. The lowest BCUT2D eigenvalue weighted by Gasteiger charge is -2.24. The van der Waals surface area contributed by atoms with Crippen molar-refractivity contribution in [3.05, 3.63) is 35.5 Å². The molecule has 0 unspecified atom stereocenters. The van der Waals surface area contributed by atoms with Crippen LogP contribution < -0.4 is 10.5 Å². The molecule has 1 aromatic carbocycles. The summed E-state index contributed by atoms with van der Waals surface area (Å²) in [6.07, 6.45) is 3.73. The molecule has 0 aliphatic carbocycles. The van der Waals surface area contributed by atoms with E-state index in [1.54, 1.807) is 12.3 Å². The van der Waals surface area contributed by atoms with Gasteiger partial charge in [-0.1, -0.05) is 6.92 Å². The third kappa shape index (κ3) is 3.30. The van der Waals surface area contributed by atoms with E-state index in [2.05, 4.69) is 15.1 Å². The zero-order valence-electron chi connectivity index (χ0n) is 16.0. The number of fused-ring (bicyclic) bond motifs is 2. The van der Waals surface area contributed by atoms with Gasteiger partial charge in [-0.3, -0.25) is 9.38 Å². The monoisotopic (exact) mass is 403 g/mol. The highest BCUT2D eigenvalue weighted by molar-refractivity contribution is 5.86. The summed E-state index contributed by atoms with van der Waals surface area (Å²) in [7, 11) is 1.38. The molecule has 0 saturated heterocycles. The molecule has 3 heterocycles. The zero-order valence-corrected chi connectivity index (χ0v) is 16.0. The Labute approximate surface area is 165 Å². The molecule has 0 saturated carbocycles. The van der Waals surface area contributed by atoms with Crippen molar-refractivity contribution in [3.8, 4) is 17.0 Å². The van der Waals surface area contributed by atoms with Crippen LogP contribution in [0.1, 0.15) is 18.9 Å². The molecular weight excluding hydrogens is 383 g/mol. The number of methoxy groups -OCH3 is 1. The van der Waals surface area contributed by atoms with E-state index in [1.165, 1.54) is 17.7 Å². The summed E-state index contributed by atoms with van der Waals surface area (Å²) in [5.41, 5.74) is 7.20. The number of benzene rings is 1. The fourth-order valence-corrected chi connectivity index (χ4v) is 3.77. The van der Waals surface area contributed by atoms with E-state index in [0.29, 0.717) is 24.0 Å². The standard InChI is InChI=1S/C20H20F3N5O/c1-10(3-4-21)13-6-12-5-11(7-14(22)17(12)25-8-13)16-15(23)9-28-18(16)19(29-2)26-20(24)27-28/h5,7-10,13H,3-4,6H2,1-2H3,(H2,24,27)/t10-,13+/m1/s1. The molecule has 3 aromatic rings. The van der Waals surface area contributed by atoms with E-state index in [1.807, 2.05) is 6.92 Å². The fourth-order valence-electron chi connectivity index (χ4n) is 3.77. The third-order valence-corrected chi connectivity index (χ3v) is 5.34. The van der Waals surface area contributed by atoms with Gasteiger partial charge in [-0.15, -0.1) is 5.10 Å². The maximum atomic E-state index is 14.8. The van der Waals surface area contributed by atoms with E-state index in [0.717, 1.165) is 6.20 Å². The first-order valence-electron chi connectivity index (χ1n) is 9.24. The van der Waals surface area contributed by atoms with E-state index < -0.39 is 18.3 Å². The Balaban J connectivity index is 1.85. The van der Waals surface area contributed by atoms with Gasteiger partial charge >= 0.3 is 0 Å². The first-order valence-corrected chi connectivity index (χ1v) is 9.24. The minimum absolute atomic E-state index is 0.0128. The number of aliphatic imine (C=N–C) groups is 1. The highest BCUT2D eigenvalue weighted by atomic mass is 19.1. The number of nitrogens with zero attached hydrogens (tertiary/aromatic N) is 4. The van der Waals surface area contributed by atoms with Crippen LogP contribution >= 0.6 is 0 Å². The molecule has 2 atom stereocenters. The Hall–Kier alpha value is -3.10. The number of aromatic nitrogens is 3. The highest BCUT2D eigenvalue weighted by Crippen LogP contribution is 2.39. The van der Waals surface area contributed by atoms with Gasteiger partial charge in [0.05, 0.1) is 25.5 Å². The van der Waals surface area contributed by atoms with Crippen molar-refractivity contribution in [2.45, 2.75) is 19.8 Å². The molecule has 0 amide bonds. The number of rotatable bonds is 5. The molecule has 0 spiro atoms. The second kappa shape index (κ2) is 7.38. The van der Waals surface area contributed by atoms with Crippen molar-refractivity contribution in [1.82, 2.24) is 14.6 Å². The smallest absolute Gasteiger partial charge is 0.243 e. The minimum Gasteiger partial charge on any atom is -0.479 e. The normalized spacial score (nSPS) is 16.8. The molecule has 2 N–H and O–H groups in total. The van der Waals surface area contributed by atoms with Crippen LogP contribution in [0.3, 0.4) is 0 Å². The van der Waals surface area contributed by atoms with E-state index in [-0.39, 0.29) is 40.4 Å². The molecule has 29 heavy (non-hydrogen) atoms. The third-order valence-electron chi connectivity index (χ3n) is 5.34. The van der Waals surface area contributed by atoms with E-state index in [9.17, 15) is 13.2 Å². The quantitative estimate of drug-likeness (QED) is 0.695. The van der Waals surface area contributed by atoms with Gasteiger partial charge in [0.25, 0.3) is 0 Å². The van der Waals surface area contributed by atoms with Gasteiger partial charge in [-0.05, 0) is 42.0 Å². The second-order valence-electron chi connectivity index (χ2n) is 7.19. The molecule has 0 bridgehead atoms. The van der Waals surface area contributed by atoms with Gasteiger partial charge in [0, 0.05) is 12.1 Å². The summed E-state index contributed by atoms with van der Waals surface area (Å²) < 4.78 is 48.8. The number of alkyl halides is 1. The number of hydrogen-bond donors (Lipinski definition) is 1. The van der Waals surface area contributed by atoms with Crippen molar-refractivity contribution >= 4 is 23.4 Å². The average molecular weight is 403 g/mol. The maximum Gasteiger partial charge on any atom is 0.243 e. The molecule has 0 radical (unpaired) electrons. The largest absolute Gasteiger partial charge is 0.479 e. The Bertz CT molecular complexity index is 1110. The lowest BCUT2D eigenvalue weighted by Crippen LogP contribution is -2.19. The second-order valence-corrected chi connectivity index (χ2v) is 7.19. The number of ether oxygens (including phenoxy) is 1. The molecule has 4 rings (SSSR count). The summed E-state index contributed by atoms with van der Waals surface area (Å²) in [5.74, 6) is -1.11. The van der Waals surface area contributed by atoms with Gasteiger partial charge in [-0.2, -0.15) is 4.98 Å². The van der Waals surface area contributed by atoms with Crippen LogP contribution in [0.2, 0.25) is 0 Å². The minimum atomic E-state index is -0.607. The summed E-state index contributed by atoms with van der Waals surface area (Å²) in [4.78, 5) is 8.23. The predicted molar refractivity (Wildman–Crippen MR) is 104 cm³/mol. The molecule has 1 aliphatic heterocycles. The SMILES string of the molecule is COc1nc(N)nn2cc(F)c(-c3cc(F)c4c(c3)C[C@H]([C@H](C)CCF)C=N4)c12. The molecule has 0 fully saturated rings. The molecule has 152 valence electrons. The fraction of sp³-hybridized carbons (Fsp3) is 0.350. The predicted octanol–water partition coefficient (Wildman–Crippen LogP) is 4.14. The summed E-state index contributed by atoms with van der Waals surface area (Å²) in [6.45, 7) is 1.52. The summed E-state index contributed by atoms with van der Waals surface area (Å²) >= 11 is 0. The van der Waals surface area contributed by atoms with Gasteiger partial charge in [0.1, 0.15) is 17.0 Å². The Morgan fingerprint density at radius 3 is 2.83 bits per heavy atom. The van der Waals surface area contributed by atoms with Crippen molar-refractivity contribution in [1.29, 1.82) is 0 Å². The number of halogens is 3. The highest BCUT2D eigenvalue weighted by Gasteiger charge is 2.26. The molecule has 1 aliphatic rings. The van der Waals surface area contributed by atoms with Crippen molar-refractivity contribution < 1.29 is 17.9 Å². The van der Waals surface area contributed by atoms with Crippen LogP contribution in [-0.2, 0) is 6.42 Å². The van der Waals surface area contributed by atoms with Crippen molar-refractivity contribution in [2.75, 3.05) is 19.5 Å². The zero-order chi connectivity index (χ0) is 20.7. The van der Waals surface area contributed by atoms with Crippen LogP contribution in [0.25, 0.3) is 16.6 Å². The van der Waals surface area contributed by atoms with Crippen molar-refractivity contribution in [3.63, 3.8) is 0 Å². The van der Waals surface area contributed by atoms with Gasteiger partial charge in [0.2, 0.25) is 11.8 Å². The number of nitrogen functional groups attached to an aromatic ring is 1. The van der Waals surface area contributed by atoms with E-state index in [4.69, 9.17) is 10.5 Å². The lowest BCUT2D eigenvalue weighted by molar-refractivity contribution is 0.356. The van der Waals surface area contributed by atoms with Gasteiger partial charge in [-0.25, -0.2) is 13.3 Å². The van der Waals surface area contributed by atoms with Gasteiger partial charge in [0.15, 0.2) is 5.82 Å². The topological polar surface area (TPSA) is 77.8 Å². The van der Waals surface area contributed by atoms with Crippen LogP contribution in [0, 0.1) is 23.5 Å². The summed E-state index contributed by atoms with van der Waals surface area (Å²) in [5, 5.41) is 3.97. The number of hydrogen-bond acceptors (Lipinski definition) is 5. The average Bonchev–Trinajstić information content (AvgIpc) is 3.02. The molecule has 2 aromatic heterocycles. The Kier molecular flexibility index (Phi) is 4.89. The van der Waals surface area contributed by atoms with Crippen LogP contribution in [-0.4, -0.2) is 34.6 Å². The van der Waals surface area contributed by atoms with Gasteiger partial charge < -0.3 is 10.5 Å². The van der Waals surface area contributed by atoms with E-state index >= 15 is 0 Å². The Morgan fingerprint density at radius 1 is 1.31 bits per heavy atom. The first-order chi connectivity index (χ1) is 13.9. The van der Waals surface area contributed by atoms with Crippen LogP contribution in [0.15, 0.2) is 23.3 Å². The summed E-state index contributed by atoms with van der Waals surface area (Å²) in [6, 6.07) is 2.94.